The maximum Gasteiger partial charge on any atom is 0.250 e. The average Bonchev–Trinajstić information content (AvgIpc) is 2.54. The zero-order chi connectivity index (χ0) is 15.6. The number of nitrogens with zero attached hydrogens (tertiary/aromatic N) is 1. The minimum Gasteiger partial charge on any atom is -0.272 e. The summed E-state index contributed by atoms with van der Waals surface area (Å²) in [5, 5.41) is 4.60. The lowest BCUT2D eigenvalue weighted by atomic mass is 10.2. The van der Waals surface area contributed by atoms with Crippen LogP contribution in [0.3, 0.4) is 0 Å². The third-order valence-electron chi connectivity index (χ3n) is 2.88. The fraction of sp³-hybridized carbons (Fsp3) is 0.176. The lowest BCUT2D eigenvalue weighted by molar-refractivity contribution is -0.118. The molecule has 22 heavy (non-hydrogen) atoms. The van der Waals surface area contributed by atoms with Gasteiger partial charge in [-0.3, -0.25) is 4.79 Å². The van der Waals surface area contributed by atoms with Crippen molar-refractivity contribution >= 4 is 35.5 Å². The summed E-state index contributed by atoms with van der Waals surface area (Å²) in [7, 11) is 0. The predicted molar refractivity (Wildman–Crippen MR) is 94.7 cm³/mol. The van der Waals surface area contributed by atoms with Crippen LogP contribution in [0.15, 0.2) is 59.7 Å². The fourth-order valence-electron chi connectivity index (χ4n) is 1.76. The highest BCUT2D eigenvalue weighted by Crippen LogP contribution is 2.08. The molecular weight excluding hydrogens is 316 g/mol. The highest BCUT2D eigenvalue weighted by atomic mass is 35.5. The number of hydrazone groups is 1. The van der Waals surface area contributed by atoms with Crippen molar-refractivity contribution < 1.29 is 4.79 Å². The standard InChI is InChI=1S/C17H17ClN2OS/c18-16-8-6-15(7-9-16)12-19-20-17(21)13-22-11-10-14-4-2-1-3-5-14/h1-9,12H,10-11,13H2,(H,20,21)/b19-12-. The second kappa shape index (κ2) is 9.28. The second-order valence-electron chi connectivity index (χ2n) is 4.63. The maximum atomic E-state index is 11.6. The smallest absolute Gasteiger partial charge is 0.250 e. The number of rotatable bonds is 7. The quantitative estimate of drug-likeness (QED) is 0.476. The predicted octanol–water partition coefficient (Wildman–Crippen LogP) is 3.77. The number of nitrogens with one attached hydrogen (secondary N) is 1. The molecule has 0 spiro atoms. The van der Waals surface area contributed by atoms with Gasteiger partial charge < -0.3 is 0 Å². The van der Waals surface area contributed by atoms with E-state index in [2.05, 4.69) is 22.7 Å². The zero-order valence-electron chi connectivity index (χ0n) is 12.0. The van der Waals surface area contributed by atoms with Crippen LogP contribution in [0.4, 0.5) is 0 Å². The molecule has 1 amide bonds. The van der Waals surface area contributed by atoms with E-state index in [1.807, 2.05) is 30.3 Å². The van der Waals surface area contributed by atoms with Gasteiger partial charge in [0.1, 0.15) is 0 Å². The number of halogens is 1. The van der Waals surface area contributed by atoms with Gasteiger partial charge in [0.15, 0.2) is 0 Å². The fourth-order valence-corrected chi connectivity index (χ4v) is 2.66. The van der Waals surface area contributed by atoms with Gasteiger partial charge in [-0.2, -0.15) is 16.9 Å². The van der Waals surface area contributed by atoms with Gasteiger partial charge in [-0.05, 0) is 35.4 Å². The molecule has 2 aromatic carbocycles. The summed E-state index contributed by atoms with van der Waals surface area (Å²) < 4.78 is 0. The molecule has 0 unspecified atom stereocenters. The molecule has 0 bridgehead atoms. The van der Waals surface area contributed by atoms with E-state index in [1.54, 1.807) is 30.1 Å². The summed E-state index contributed by atoms with van der Waals surface area (Å²) in [5.41, 5.74) is 4.70. The molecule has 3 nitrogen and oxygen atoms in total. The van der Waals surface area contributed by atoms with E-state index in [0.717, 1.165) is 17.7 Å². The molecule has 5 heteroatoms. The molecule has 0 aliphatic carbocycles. The number of carbonyl (C=O) groups is 1. The normalized spacial score (nSPS) is 10.8. The molecule has 0 saturated heterocycles. The molecular formula is C17H17ClN2OS. The summed E-state index contributed by atoms with van der Waals surface area (Å²) in [6.07, 6.45) is 2.57. The first-order valence-corrected chi connectivity index (χ1v) is 8.46. The number of hydrogen-bond acceptors (Lipinski definition) is 3. The monoisotopic (exact) mass is 332 g/mol. The highest BCUT2D eigenvalue weighted by molar-refractivity contribution is 7.99. The highest BCUT2D eigenvalue weighted by Gasteiger charge is 2.00. The van der Waals surface area contributed by atoms with E-state index in [1.165, 1.54) is 5.56 Å². The molecule has 0 radical (unpaired) electrons. The van der Waals surface area contributed by atoms with Gasteiger partial charge in [-0.15, -0.1) is 0 Å². The van der Waals surface area contributed by atoms with Crippen molar-refractivity contribution in [2.75, 3.05) is 11.5 Å². The van der Waals surface area contributed by atoms with Gasteiger partial charge in [0.05, 0.1) is 12.0 Å². The molecule has 0 heterocycles. The minimum absolute atomic E-state index is 0.0942. The van der Waals surface area contributed by atoms with Gasteiger partial charge in [0.25, 0.3) is 0 Å². The molecule has 0 saturated carbocycles. The van der Waals surface area contributed by atoms with Gasteiger partial charge in [0, 0.05) is 5.02 Å². The van der Waals surface area contributed by atoms with Crippen LogP contribution in [0.25, 0.3) is 0 Å². The first-order valence-electron chi connectivity index (χ1n) is 6.93. The van der Waals surface area contributed by atoms with Crippen LogP contribution < -0.4 is 5.43 Å². The van der Waals surface area contributed by atoms with Crippen LogP contribution in [-0.4, -0.2) is 23.6 Å². The first kappa shape index (κ1) is 16.6. The molecule has 0 atom stereocenters. The van der Waals surface area contributed by atoms with Crippen LogP contribution in [0, 0.1) is 0 Å². The van der Waals surface area contributed by atoms with E-state index < -0.39 is 0 Å². The van der Waals surface area contributed by atoms with Crippen LogP contribution in [0.5, 0.6) is 0 Å². The molecule has 0 aliphatic heterocycles. The molecule has 2 aromatic rings. The SMILES string of the molecule is O=C(CSCCc1ccccc1)N/N=C\c1ccc(Cl)cc1. The third kappa shape index (κ3) is 6.33. The van der Waals surface area contributed by atoms with Gasteiger partial charge in [-0.1, -0.05) is 54.1 Å². The van der Waals surface area contributed by atoms with Crippen molar-refractivity contribution in [2.24, 2.45) is 5.10 Å². The van der Waals surface area contributed by atoms with Gasteiger partial charge >= 0.3 is 0 Å². The largest absolute Gasteiger partial charge is 0.272 e. The Hall–Kier alpha value is -1.78. The molecule has 0 fully saturated rings. The third-order valence-corrected chi connectivity index (χ3v) is 4.10. The van der Waals surface area contributed by atoms with E-state index in [9.17, 15) is 4.79 Å². The van der Waals surface area contributed by atoms with Crippen molar-refractivity contribution in [1.29, 1.82) is 0 Å². The van der Waals surface area contributed by atoms with E-state index in [0.29, 0.717) is 10.8 Å². The molecule has 114 valence electrons. The lowest BCUT2D eigenvalue weighted by Gasteiger charge is -2.01. The van der Waals surface area contributed by atoms with Crippen molar-refractivity contribution in [3.63, 3.8) is 0 Å². The topological polar surface area (TPSA) is 41.5 Å². The Labute approximate surface area is 139 Å². The van der Waals surface area contributed by atoms with E-state index in [4.69, 9.17) is 11.6 Å². The van der Waals surface area contributed by atoms with Crippen LogP contribution in [0.2, 0.25) is 5.02 Å². The molecule has 1 N–H and O–H groups in total. The van der Waals surface area contributed by atoms with Crippen molar-refractivity contribution in [3.8, 4) is 0 Å². The molecule has 0 aromatic heterocycles. The van der Waals surface area contributed by atoms with E-state index >= 15 is 0 Å². The van der Waals surface area contributed by atoms with Crippen molar-refractivity contribution in [1.82, 2.24) is 5.43 Å². The Morgan fingerprint density at radius 2 is 1.86 bits per heavy atom. The number of carbonyl (C=O) groups excluding carboxylic acids is 1. The van der Waals surface area contributed by atoms with Crippen molar-refractivity contribution in [3.05, 3.63) is 70.7 Å². The second-order valence-corrected chi connectivity index (χ2v) is 6.17. The molecule has 2 rings (SSSR count). The summed E-state index contributed by atoms with van der Waals surface area (Å²) in [6.45, 7) is 0. The summed E-state index contributed by atoms with van der Waals surface area (Å²) >= 11 is 7.40. The van der Waals surface area contributed by atoms with Crippen LogP contribution in [-0.2, 0) is 11.2 Å². The summed E-state index contributed by atoms with van der Waals surface area (Å²) in [4.78, 5) is 11.6. The number of thioether (sulfide) groups is 1. The minimum atomic E-state index is -0.0942. The average molecular weight is 333 g/mol. The van der Waals surface area contributed by atoms with Crippen molar-refractivity contribution in [2.45, 2.75) is 6.42 Å². The summed E-state index contributed by atoms with van der Waals surface area (Å²) in [5.74, 6) is 1.23. The lowest BCUT2D eigenvalue weighted by Crippen LogP contribution is -2.20. The Balaban J connectivity index is 1.62. The van der Waals surface area contributed by atoms with Crippen LogP contribution >= 0.6 is 23.4 Å². The first-order chi connectivity index (χ1) is 10.7. The number of amides is 1. The number of benzene rings is 2. The van der Waals surface area contributed by atoms with Crippen LogP contribution in [0.1, 0.15) is 11.1 Å². The Kier molecular flexibility index (Phi) is 7.00. The Morgan fingerprint density at radius 3 is 2.59 bits per heavy atom. The van der Waals surface area contributed by atoms with Gasteiger partial charge in [-0.25, -0.2) is 5.43 Å². The molecule has 0 aliphatic rings. The number of aryl methyl sites for hydroxylation is 1. The Morgan fingerprint density at radius 1 is 1.14 bits per heavy atom. The number of hydrogen-bond donors (Lipinski definition) is 1. The maximum absolute atomic E-state index is 11.6. The van der Waals surface area contributed by atoms with Gasteiger partial charge in [0.2, 0.25) is 5.91 Å². The zero-order valence-corrected chi connectivity index (χ0v) is 13.6. The van der Waals surface area contributed by atoms with E-state index in [-0.39, 0.29) is 5.91 Å². The summed E-state index contributed by atoms with van der Waals surface area (Å²) in [6, 6.07) is 17.5. The Bertz CT molecular complexity index is 614.